The highest BCUT2D eigenvalue weighted by molar-refractivity contribution is 5.60. The van der Waals surface area contributed by atoms with Gasteiger partial charge in [0.25, 0.3) is 5.82 Å². The zero-order valence-electron chi connectivity index (χ0n) is 23.1. The normalized spacial score (nSPS) is 21.8. The van der Waals surface area contributed by atoms with E-state index in [1.165, 1.54) is 104 Å². The van der Waals surface area contributed by atoms with Gasteiger partial charge in [0.2, 0.25) is 0 Å². The molecule has 2 nitrogen and oxygen atoms in total. The van der Waals surface area contributed by atoms with Crippen molar-refractivity contribution >= 4 is 0 Å². The molecule has 0 N–H and O–H groups in total. The number of nitrogens with zero attached hydrogens (tertiary/aromatic N) is 2. The second-order valence-electron chi connectivity index (χ2n) is 12.1. The summed E-state index contributed by atoms with van der Waals surface area (Å²) in [7, 11) is 0. The zero-order chi connectivity index (χ0) is 25.7. The van der Waals surface area contributed by atoms with Crippen molar-refractivity contribution in [3.8, 4) is 11.4 Å². The first-order valence-corrected chi connectivity index (χ1v) is 15.1. The van der Waals surface area contributed by atoms with Crippen molar-refractivity contribution in [1.82, 2.24) is 4.57 Å². The molecule has 0 amide bonds. The molecule has 0 spiro atoms. The van der Waals surface area contributed by atoms with Gasteiger partial charge in [0, 0.05) is 12.5 Å². The summed E-state index contributed by atoms with van der Waals surface area (Å²) in [6, 6.07) is 30.0. The van der Waals surface area contributed by atoms with Crippen LogP contribution in [0, 0.1) is 19.8 Å². The number of imidazole rings is 1. The van der Waals surface area contributed by atoms with Crippen LogP contribution in [0.5, 0.6) is 0 Å². The fraction of sp³-hybridized carbons (Fsp3) is 0.417. The van der Waals surface area contributed by atoms with Crippen LogP contribution in [0.3, 0.4) is 0 Å². The van der Waals surface area contributed by atoms with E-state index >= 15 is 0 Å². The van der Waals surface area contributed by atoms with Crippen molar-refractivity contribution in [2.24, 2.45) is 5.92 Å². The predicted molar refractivity (Wildman–Crippen MR) is 155 cm³/mol. The van der Waals surface area contributed by atoms with Crippen LogP contribution >= 0.6 is 0 Å². The fourth-order valence-electron chi connectivity index (χ4n) is 8.51. The minimum atomic E-state index is -0.111. The van der Waals surface area contributed by atoms with E-state index in [2.05, 4.69) is 102 Å². The topological polar surface area (TPSA) is 8.81 Å². The number of rotatable bonds is 4. The molecule has 3 aromatic carbocycles. The summed E-state index contributed by atoms with van der Waals surface area (Å²) >= 11 is 0. The third-order valence-electron chi connectivity index (χ3n) is 10.1. The highest BCUT2D eigenvalue weighted by Gasteiger charge is 2.58. The molecule has 1 atom stereocenters. The van der Waals surface area contributed by atoms with Gasteiger partial charge in [-0.1, -0.05) is 105 Å². The van der Waals surface area contributed by atoms with E-state index in [9.17, 15) is 0 Å². The standard InChI is InChI=1S/C36H41N2/c1-26-16-12-14-24-32(26)37-27(2)34-36(29-19-8-4-9-20-29,30-21-10-5-11-22-30)31-23-13-15-25-33(31)38(34)35(37)28-17-6-3-7-18-28/h4,8-9,12-16,19-20,23-25,28,30H,3,5-7,10-11,17-18,21-22H2,1-2H3/q+1. The summed E-state index contributed by atoms with van der Waals surface area (Å²) in [5.41, 5.74) is 10.0. The molecule has 194 valence electrons. The van der Waals surface area contributed by atoms with Crippen LogP contribution in [0.15, 0.2) is 78.9 Å². The van der Waals surface area contributed by atoms with Crippen molar-refractivity contribution in [3.63, 3.8) is 0 Å². The molecular weight excluding hydrogens is 460 g/mol. The van der Waals surface area contributed by atoms with Gasteiger partial charge < -0.3 is 0 Å². The van der Waals surface area contributed by atoms with Crippen LogP contribution in [0.1, 0.15) is 104 Å². The number of benzene rings is 3. The summed E-state index contributed by atoms with van der Waals surface area (Å²) in [6.07, 6.45) is 13.3. The lowest BCUT2D eigenvalue weighted by atomic mass is 9.60. The molecule has 38 heavy (non-hydrogen) atoms. The molecule has 1 aliphatic heterocycles. The number of hydrogen-bond acceptors (Lipinski definition) is 0. The van der Waals surface area contributed by atoms with E-state index in [0.29, 0.717) is 11.8 Å². The van der Waals surface area contributed by atoms with Crippen molar-refractivity contribution in [3.05, 3.63) is 113 Å². The van der Waals surface area contributed by atoms with Gasteiger partial charge in [-0.3, -0.25) is 0 Å². The third-order valence-corrected chi connectivity index (χ3v) is 10.1. The number of aryl methyl sites for hydroxylation is 1. The van der Waals surface area contributed by atoms with Crippen LogP contribution in [-0.4, -0.2) is 4.57 Å². The quantitative estimate of drug-likeness (QED) is 0.247. The van der Waals surface area contributed by atoms with Crippen LogP contribution in [-0.2, 0) is 5.41 Å². The van der Waals surface area contributed by atoms with Gasteiger partial charge in [-0.2, -0.15) is 9.13 Å². The van der Waals surface area contributed by atoms with E-state index < -0.39 is 0 Å². The summed E-state index contributed by atoms with van der Waals surface area (Å²) < 4.78 is 5.46. The molecule has 4 aromatic rings. The van der Waals surface area contributed by atoms with E-state index in [0.717, 1.165) is 0 Å². The summed E-state index contributed by atoms with van der Waals surface area (Å²) in [6.45, 7) is 4.71. The van der Waals surface area contributed by atoms with Crippen LogP contribution in [0.2, 0.25) is 0 Å². The Morgan fingerprint density at radius 3 is 2.05 bits per heavy atom. The lowest BCUT2D eigenvalue weighted by Crippen LogP contribution is -2.43. The molecule has 1 unspecified atom stereocenters. The number of aromatic nitrogens is 2. The van der Waals surface area contributed by atoms with Crippen molar-refractivity contribution in [2.75, 3.05) is 0 Å². The third kappa shape index (κ3) is 3.42. The predicted octanol–water partition coefficient (Wildman–Crippen LogP) is 8.65. The maximum atomic E-state index is 2.77. The monoisotopic (exact) mass is 501 g/mol. The minimum Gasteiger partial charge on any atom is -0.196 e. The van der Waals surface area contributed by atoms with Crippen molar-refractivity contribution < 1.29 is 4.57 Å². The van der Waals surface area contributed by atoms with E-state index in [4.69, 9.17) is 0 Å². The Morgan fingerprint density at radius 2 is 1.32 bits per heavy atom. The highest BCUT2D eigenvalue weighted by Crippen LogP contribution is 2.55. The molecule has 7 rings (SSSR count). The summed E-state index contributed by atoms with van der Waals surface area (Å²) in [5.74, 6) is 2.72. The van der Waals surface area contributed by atoms with Gasteiger partial charge in [0.1, 0.15) is 11.4 Å². The minimum absolute atomic E-state index is 0.111. The van der Waals surface area contributed by atoms with Gasteiger partial charge in [-0.15, -0.1) is 0 Å². The average Bonchev–Trinajstić information content (AvgIpc) is 3.45. The number of hydrogen-bond donors (Lipinski definition) is 0. The van der Waals surface area contributed by atoms with Crippen molar-refractivity contribution in [1.29, 1.82) is 0 Å². The zero-order valence-corrected chi connectivity index (χ0v) is 23.1. The van der Waals surface area contributed by atoms with Gasteiger partial charge in [-0.25, -0.2) is 0 Å². The lowest BCUT2D eigenvalue weighted by molar-refractivity contribution is -0.609. The molecule has 2 heteroatoms. The van der Waals surface area contributed by atoms with E-state index in [-0.39, 0.29) is 5.41 Å². The largest absolute Gasteiger partial charge is 0.270 e. The smallest absolute Gasteiger partial charge is 0.196 e. The Morgan fingerprint density at radius 1 is 0.684 bits per heavy atom. The Labute approximate surface area is 228 Å². The Hall–Kier alpha value is -3.13. The van der Waals surface area contributed by atoms with Gasteiger partial charge >= 0.3 is 0 Å². The van der Waals surface area contributed by atoms with Crippen LogP contribution in [0.4, 0.5) is 0 Å². The molecule has 0 bridgehead atoms. The van der Waals surface area contributed by atoms with Crippen LogP contribution in [0.25, 0.3) is 11.4 Å². The van der Waals surface area contributed by atoms with Gasteiger partial charge in [0.15, 0.2) is 11.4 Å². The molecule has 3 aliphatic rings. The summed E-state index contributed by atoms with van der Waals surface area (Å²) in [4.78, 5) is 0. The Balaban J connectivity index is 1.62. The summed E-state index contributed by atoms with van der Waals surface area (Å²) in [5, 5.41) is 0. The first-order chi connectivity index (χ1) is 18.7. The SMILES string of the molecule is Cc1ccccc1-n1c(C)c2[n+](c1C1CCCCC1)-c1ccccc1C2(c1ccccc1)C1CCCCC1. The number of para-hydroxylation sites is 2. The molecule has 2 saturated carbocycles. The fourth-order valence-corrected chi connectivity index (χ4v) is 8.51. The first kappa shape index (κ1) is 23.9. The maximum absolute atomic E-state index is 2.77. The van der Waals surface area contributed by atoms with E-state index in [1.54, 1.807) is 5.69 Å². The number of fused-ring (bicyclic) bond motifs is 3. The molecular formula is C36H41N2+. The van der Waals surface area contributed by atoms with Gasteiger partial charge in [0.05, 0.1) is 11.3 Å². The first-order valence-electron chi connectivity index (χ1n) is 15.1. The maximum Gasteiger partial charge on any atom is 0.270 e. The Kier molecular flexibility index (Phi) is 6.02. The molecule has 1 aromatic heterocycles. The molecule has 2 aliphatic carbocycles. The second-order valence-corrected chi connectivity index (χ2v) is 12.1. The molecule has 2 heterocycles. The second kappa shape index (κ2) is 9.56. The highest BCUT2D eigenvalue weighted by atomic mass is 15.2. The van der Waals surface area contributed by atoms with Crippen LogP contribution < -0.4 is 4.57 Å². The average molecular weight is 502 g/mol. The van der Waals surface area contributed by atoms with E-state index in [1.807, 2.05) is 0 Å². The molecule has 2 fully saturated rings. The Bertz CT molecular complexity index is 1450. The van der Waals surface area contributed by atoms with Gasteiger partial charge in [-0.05, 0) is 61.8 Å². The van der Waals surface area contributed by atoms with Crippen molar-refractivity contribution in [2.45, 2.75) is 89.4 Å². The lowest BCUT2D eigenvalue weighted by Gasteiger charge is -2.39. The molecule has 0 radical (unpaired) electrons. The molecule has 0 saturated heterocycles.